The maximum atomic E-state index is 11.8. The molecule has 114 valence electrons. The number of nitrogens with one attached hydrogen (secondary N) is 3. The zero-order chi connectivity index (χ0) is 14.2. The standard InChI is InChI=1S/C15H27N3O2/c19-14(18-13-5-3-1-2-4-6-13)11-16-9-10-17-15(20)12-7-8-12/h12-13,16H,1-11H2,(H,17,20)(H,18,19). The molecule has 5 nitrogen and oxygen atoms in total. The topological polar surface area (TPSA) is 70.2 Å². The average molecular weight is 281 g/mol. The summed E-state index contributed by atoms with van der Waals surface area (Å²) in [7, 11) is 0. The minimum absolute atomic E-state index is 0.0745. The van der Waals surface area contributed by atoms with E-state index in [1.807, 2.05) is 0 Å². The van der Waals surface area contributed by atoms with Crippen LogP contribution in [0.1, 0.15) is 51.4 Å². The molecule has 0 aromatic carbocycles. The van der Waals surface area contributed by atoms with Gasteiger partial charge in [-0.1, -0.05) is 25.7 Å². The van der Waals surface area contributed by atoms with Crippen molar-refractivity contribution in [2.75, 3.05) is 19.6 Å². The monoisotopic (exact) mass is 281 g/mol. The van der Waals surface area contributed by atoms with Crippen molar-refractivity contribution in [1.29, 1.82) is 0 Å². The molecule has 0 aliphatic heterocycles. The van der Waals surface area contributed by atoms with Gasteiger partial charge in [0.05, 0.1) is 6.54 Å². The summed E-state index contributed by atoms with van der Waals surface area (Å²) < 4.78 is 0. The molecule has 5 heteroatoms. The Morgan fingerprint density at radius 1 is 0.900 bits per heavy atom. The summed E-state index contributed by atoms with van der Waals surface area (Å²) in [5, 5.41) is 9.05. The van der Waals surface area contributed by atoms with Crippen LogP contribution in [-0.4, -0.2) is 37.5 Å². The maximum absolute atomic E-state index is 11.8. The van der Waals surface area contributed by atoms with E-state index in [4.69, 9.17) is 0 Å². The van der Waals surface area contributed by atoms with E-state index in [9.17, 15) is 9.59 Å². The molecule has 2 rings (SSSR count). The van der Waals surface area contributed by atoms with E-state index >= 15 is 0 Å². The molecule has 0 radical (unpaired) electrons. The van der Waals surface area contributed by atoms with Crippen LogP contribution in [0.4, 0.5) is 0 Å². The molecule has 2 fully saturated rings. The van der Waals surface area contributed by atoms with Gasteiger partial charge in [-0.15, -0.1) is 0 Å². The number of carbonyl (C=O) groups is 2. The van der Waals surface area contributed by atoms with Crippen LogP contribution in [0.15, 0.2) is 0 Å². The van der Waals surface area contributed by atoms with Gasteiger partial charge in [0, 0.05) is 25.0 Å². The summed E-state index contributed by atoms with van der Waals surface area (Å²) in [6.45, 7) is 1.60. The van der Waals surface area contributed by atoms with E-state index in [-0.39, 0.29) is 17.7 Å². The van der Waals surface area contributed by atoms with Gasteiger partial charge in [-0.25, -0.2) is 0 Å². The van der Waals surface area contributed by atoms with Crippen LogP contribution in [-0.2, 0) is 9.59 Å². The second kappa shape index (κ2) is 8.25. The van der Waals surface area contributed by atoms with Gasteiger partial charge in [-0.3, -0.25) is 9.59 Å². The first-order valence-corrected chi connectivity index (χ1v) is 8.03. The van der Waals surface area contributed by atoms with E-state index in [0.717, 1.165) is 25.7 Å². The fraction of sp³-hybridized carbons (Fsp3) is 0.867. The van der Waals surface area contributed by atoms with E-state index in [0.29, 0.717) is 25.7 Å². The summed E-state index contributed by atoms with van der Waals surface area (Å²) in [5.74, 6) is 0.494. The number of carbonyl (C=O) groups excluding carboxylic acids is 2. The lowest BCUT2D eigenvalue weighted by Gasteiger charge is -2.16. The van der Waals surface area contributed by atoms with E-state index < -0.39 is 0 Å². The fourth-order valence-electron chi connectivity index (χ4n) is 2.67. The van der Waals surface area contributed by atoms with Crippen molar-refractivity contribution in [2.45, 2.75) is 57.4 Å². The molecular formula is C15H27N3O2. The van der Waals surface area contributed by atoms with E-state index in [1.165, 1.54) is 25.7 Å². The normalized spacial score (nSPS) is 20.2. The van der Waals surface area contributed by atoms with Gasteiger partial charge in [0.25, 0.3) is 0 Å². The summed E-state index contributed by atoms with van der Waals surface area (Å²) in [6, 6.07) is 0.362. The predicted molar refractivity (Wildman–Crippen MR) is 78.2 cm³/mol. The third kappa shape index (κ3) is 5.90. The van der Waals surface area contributed by atoms with Crippen molar-refractivity contribution in [3.8, 4) is 0 Å². The van der Waals surface area contributed by atoms with Crippen molar-refractivity contribution >= 4 is 11.8 Å². The van der Waals surface area contributed by atoms with Gasteiger partial charge in [-0.2, -0.15) is 0 Å². The largest absolute Gasteiger partial charge is 0.355 e. The van der Waals surface area contributed by atoms with Crippen molar-refractivity contribution in [1.82, 2.24) is 16.0 Å². The van der Waals surface area contributed by atoms with Crippen LogP contribution in [0.2, 0.25) is 0 Å². The summed E-state index contributed by atoms with van der Waals surface area (Å²) >= 11 is 0. The quantitative estimate of drug-likeness (QED) is 0.480. The Morgan fingerprint density at radius 2 is 1.60 bits per heavy atom. The van der Waals surface area contributed by atoms with Crippen LogP contribution in [0.5, 0.6) is 0 Å². The second-order valence-corrected chi connectivity index (χ2v) is 6.00. The molecule has 3 N–H and O–H groups in total. The van der Waals surface area contributed by atoms with Gasteiger partial charge >= 0.3 is 0 Å². The van der Waals surface area contributed by atoms with Gasteiger partial charge in [0.2, 0.25) is 11.8 Å². The molecule has 0 unspecified atom stereocenters. The SMILES string of the molecule is O=C(CNCCNC(=O)C1CC1)NC1CCCCCC1. The third-order valence-electron chi connectivity index (χ3n) is 4.05. The summed E-state index contributed by atoms with van der Waals surface area (Å²) in [4.78, 5) is 23.2. The van der Waals surface area contributed by atoms with Crippen LogP contribution in [0, 0.1) is 5.92 Å². The van der Waals surface area contributed by atoms with Crippen molar-refractivity contribution < 1.29 is 9.59 Å². The minimum Gasteiger partial charge on any atom is -0.355 e. The minimum atomic E-state index is 0.0745. The fourth-order valence-corrected chi connectivity index (χ4v) is 2.67. The van der Waals surface area contributed by atoms with Crippen molar-refractivity contribution in [3.05, 3.63) is 0 Å². The lowest BCUT2D eigenvalue weighted by molar-refractivity contribution is -0.122. The molecule has 0 bridgehead atoms. The number of hydrogen-bond acceptors (Lipinski definition) is 3. The zero-order valence-electron chi connectivity index (χ0n) is 12.2. The van der Waals surface area contributed by atoms with Crippen molar-refractivity contribution in [3.63, 3.8) is 0 Å². The molecule has 2 saturated carbocycles. The van der Waals surface area contributed by atoms with Gasteiger partial charge in [-0.05, 0) is 25.7 Å². The second-order valence-electron chi connectivity index (χ2n) is 6.00. The molecule has 0 aromatic heterocycles. The first-order chi connectivity index (χ1) is 9.75. The first kappa shape index (κ1) is 15.3. The molecule has 0 aromatic rings. The highest BCUT2D eigenvalue weighted by Gasteiger charge is 2.28. The molecule has 0 saturated heterocycles. The van der Waals surface area contributed by atoms with Gasteiger partial charge in [0.1, 0.15) is 0 Å². The predicted octanol–water partition coefficient (Wildman–Crippen LogP) is 0.941. The first-order valence-electron chi connectivity index (χ1n) is 8.03. The number of amides is 2. The lowest BCUT2D eigenvalue weighted by atomic mass is 10.1. The molecule has 0 atom stereocenters. The Bertz CT molecular complexity index is 321. The van der Waals surface area contributed by atoms with Crippen LogP contribution in [0.3, 0.4) is 0 Å². The third-order valence-corrected chi connectivity index (χ3v) is 4.05. The highest BCUT2D eigenvalue weighted by molar-refractivity contribution is 5.80. The Kier molecular flexibility index (Phi) is 6.30. The highest BCUT2D eigenvalue weighted by atomic mass is 16.2. The summed E-state index contributed by atoms with van der Waals surface area (Å²) in [5.41, 5.74) is 0. The van der Waals surface area contributed by atoms with Crippen LogP contribution < -0.4 is 16.0 Å². The van der Waals surface area contributed by atoms with Gasteiger partial charge in [0.15, 0.2) is 0 Å². The smallest absolute Gasteiger partial charge is 0.234 e. The molecule has 2 amide bonds. The number of rotatable bonds is 7. The molecule has 0 spiro atoms. The highest BCUT2D eigenvalue weighted by Crippen LogP contribution is 2.28. The molecule has 0 heterocycles. The lowest BCUT2D eigenvalue weighted by Crippen LogP contribution is -2.42. The van der Waals surface area contributed by atoms with E-state index in [1.54, 1.807) is 0 Å². The average Bonchev–Trinajstić information content (AvgIpc) is 3.25. The Balaban J connectivity index is 1.47. The molecule has 2 aliphatic rings. The Labute approximate surface area is 121 Å². The number of hydrogen-bond donors (Lipinski definition) is 3. The maximum Gasteiger partial charge on any atom is 0.234 e. The zero-order valence-corrected chi connectivity index (χ0v) is 12.2. The molecule has 20 heavy (non-hydrogen) atoms. The summed E-state index contributed by atoms with van der Waals surface area (Å²) in [6.07, 6.45) is 9.34. The van der Waals surface area contributed by atoms with Crippen molar-refractivity contribution in [2.24, 2.45) is 5.92 Å². The van der Waals surface area contributed by atoms with E-state index in [2.05, 4.69) is 16.0 Å². The Morgan fingerprint density at radius 3 is 2.25 bits per heavy atom. The van der Waals surface area contributed by atoms with Crippen LogP contribution in [0.25, 0.3) is 0 Å². The van der Waals surface area contributed by atoms with Gasteiger partial charge < -0.3 is 16.0 Å². The van der Waals surface area contributed by atoms with Crippen LogP contribution >= 0.6 is 0 Å². The molecular weight excluding hydrogens is 254 g/mol. The molecule has 2 aliphatic carbocycles. The Hall–Kier alpha value is -1.10.